The van der Waals surface area contributed by atoms with Gasteiger partial charge in [0.15, 0.2) is 5.60 Å². The highest BCUT2D eigenvalue weighted by Gasteiger charge is 2.66. The molecule has 3 N–H and O–H groups in total. The molecule has 4 atom stereocenters. The van der Waals surface area contributed by atoms with Gasteiger partial charge in [0.1, 0.15) is 0 Å². The lowest BCUT2D eigenvalue weighted by atomic mass is 9.82. The number of rotatable bonds is 11. The van der Waals surface area contributed by atoms with Gasteiger partial charge < -0.3 is 29.2 Å². The first-order valence-corrected chi connectivity index (χ1v) is 20.6. The normalized spacial score (nSPS) is 21.8. The third-order valence-corrected chi connectivity index (χ3v) is 13.1. The summed E-state index contributed by atoms with van der Waals surface area (Å²) in [6, 6.07) is 21.1. The zero-order valence-electron chi connectivity index (χ0n) is 28.2. The second-order valence-electron chi connectivity index (χ2n) is 13.8. The summed E-state index contributed by atoms with van der Waals surface area (Å²) >= 11 is 3.60. The lowest BCUT2D eigenvalue weighted by Gasteiger charge is -2.31. The number of carbonyl (C=O) groups excluding carboxylic acids is 2. The fraction of sp³-hybridized carbons (Fsp3) is 0.351. The SMILES string of the molecule is C[C@@H]1[C@@H]([Si](C)(C)F)[C@H](CCn2cc(CCO)nn2)O[C@@]12C(=O)N(Cc1ccc(NC(=O)Cc3c[nH]c4ccccc34)cc1)c1ccc(Br)cc12. The number of halogens is 2. The van der Waals surface area contributed by atoms with Crippen LogP contribution < -0.4 is 10.2 Å². The molecule has 1 saturated heterocycles. The topological polar surface area (TPSA) is 125 Å². The van der Waals surface area contributed by atoms with E-state index in [0.29, 0.717) is 30.8 Å². The molecule has 0 bridgehead atoms. The number of aromatic amines is 1. The first kappa shape index (κ1) is 34.3. The first-order chi connectivity index (χ1) is 24.0. The third kappa shape index (κ3) is 6.31. The van der Waals surface area contributed by atoms with Crippen molar-refractivity contribution < 1.29 is 23.5 Å². The minimum absolute atomic E-state index is 0.0189. The van der Waals surface area contributed by atoms with Crippen molar-refractivity contribution in [2.75, 3.05) is 16.8 Å². The second-order valence-corrected chi connectivity index (χ2v) is 18.6. The summed E-state index contributed by atoms with van der Waals surface area (Å²) in [5.41, 5.74) is 3.84. The molecule has 260 valence electrons. The molecule has 0 saturated carbocycles. The lowest BCUT2D eigenvalue weighted by molar-refractivity contribution is -0.146. The van der Waals surface area contributed by atoms with Crippen molar-refractivity contribution in [3.05, 3.63) is 106 Å². The van der Waals surface area contributed by atoms with E-state index in [4.69, 9.17) is 4.74 Å². The molecular formula is C37H40BrFN6O4Si. The maximum atomic E-state index is 16.2. The molecule has 13 heteroatoms. The molecule has 2 aliphatic rings. The summed E-state index contributed by atoms with van der Waals surface area (Å²) in [7, 11) is -3.33. The number of carbonyl (C=O) groups is 2. The Morgan fingerprint density at radius 3 is 2.70 bits per heavy atom. The Morgan fingerprint density at radius 1 is 1.16 bits per heavy atom. The molecule has 4 heterocycles. The van der Waals surface area contributed by atoms with E-state index in [1.165, 1.54) is 0 Å². The van der Waals surface area contributed by atoms with E-state index in [0.717, 1.165) is 37.8 Å². The number of ether oxygens (including phenoxy) is 1. The average Bonchev–Trinajstić information content (AvgIpc) is 3.83. The molecule has 1 spiro atoms. The summed E-state index contributed by atoms with van der Waals surface area (Å²) < 4.78 is 25.6. The molecule has 2 aromatic heterocycles. The number of aliphatic hydroxyl groups excluding tert-OH is 1. The molecule has 7 rings (SSSR count). The van der Waals surface area contributed by atoms with E-state index < -0.39 is 31.6 Å². The van der Waals surface area contributed by atoms with Crippen LogP contribution in [0.25, 0.3) is 10.9 Å². The fourth-order valence-corrected chi connectivity index (χ4v) is 10.8. The highest BCUT2D eigenvalue weighted by Crippen LogP contribution is 2.60. The van der Waals surface area contributed by atoms with E-state index in [1.807, 2.05) is 79.9 Å². The Morgan fingerprint density at radius 2 is 1.94 bits per heavy atom. The van der Waals surface area contributed by atoms with Crippen LogP contribution in [0.5, 0.6) is 0 Å². The number of H-pyrrole nitrogens is 1. The number of nitrogens with one attached hydrogen (secondary N) is 2. The van der Waals surface area contributed by atoms with E-state index in [-0.39, 0.29) is 31.4 Å². The number of aliphatic hydroxyl groups is 1. The molecule has 5 aromatic rings. The van der Waals surface area contributed by atoms with Gasteiger partial charge in [-0.05, 0) is 67.0 Å². The lowest BCUT2D eigenvalue weighted by Crippen LogP contribution is -2.45. The Bertz CT molecular complexity index is 2050. The quantitative estimate of drug-likeness (QED) is 0.102. The number of nitrogens with zero attached hydrogens (tertiary/aromatic N) is 4. The number of amides is 2. The Kier molecular flexibility index (Phi) is 9.26. The minimum Gasteiger partial charge on any atom is -0.396 e. The van der Waals surface area contributed by atoms with Crippen LogP contribution in [0.2, 0.25) is 18.6 Å². The summed E-state index contributed by atoms with van der Waals surface area (Å²) in [6.07, 6.45) is 4.25. The molecule has 50 heavy (non-hydrogen) atoms. The van der Waals surface area contributed by atoms with Gasteiger partial charge in [0.05, 0.1) is 30.5 Å². The van der Waals surface area contributed by atoms with E-state index in [2.05, 4.69) is 36.5 Å². The number of benzene rings is 3. The van der Waals surface area contributed by atoms with E-state index in [9.17, 15) is 14.7 Å². The van der Waals surface area contributed by atoms with Crippen molar-refractivity contribution in [3.63, 3.8) is 0 Å². The highest BCUT2D eigenvalue weighted by atomic mass is 79.9. The van der Waals surface area contributed by atoms with Gasteiger partial charge in [0.25, 0.3) is 5.91 Å². The largest absolute Gasteiger partial charge is 0.396 e. The maximum Gasteiger partial charge on any atom is 0.264 e. The van der Waals surface area contributed by atoms with Gasteiger partial charge in [-0.25, -0.2) is 0 Å². The highest BCUT2D eigenvalue weighted by molar-refractivity contribution is 9.10. The van der Waals surface area contributed by atoms with Gasteiger partial charge in [0.2, 0.25) is 14.3 Å². The Balaban J connectivity index is 1.10. The van der Waals surface area contributed by atoms with Crippen molar-refractivity contribution in [3.8, 4) is 0 Å². The first-order valence-electron chi connectivity index (χ1n) is 16.9. The van der Waals surface area contributed by atoms with Gasteiger partial charge in [0, 0.05) is 70.1 Å². The number of fused-ring (bicyclic) bond motifs is 3. The van der Waals surface area contributed by atoms with Crippen LogP contribution in [-0.2, 0) is 45.9 Å². The van der Waals surface area contributed by atoms with Crippen LogP contribution in [0.4, 0.5) is 15.5 Å². The van der Waals surface area contributed by atoms with E-state index >= 15 is 4.11 Å². The van der Waals surface area contributed by atoms with Gasteiger partial charge in [-0.3, -0.25) is 14.3 Å². The van der Waals surface area contributed by atoms with Crippen LogP contribution in [-0.4, -0.2) is 58.0 Å². The molecule has 2 aliphatic heterocycles. The third-order valence-electron chi connectivity index (χ3n) is 10.1. The average molecular weight is 760 g/mol. The van der Waals surface area contributed by atoms with Crippen LogP contribution in [0, 0.1) is 5.92 Å². The molecule has 0 aliphatic carbocycles. The minimum atomic E-state index is -3.33. The number of hydrogen-bond acceptors (Lipinski definition) is 6. The van der Waals surface area contributed by atoms with Gasteiger partial charge in [-0.15, -0.1) is 5.10 Å². The zero-order valence-corrected chi connectivity index (χ0v) is 30.8. The van der Waals surface area contributed by atoms with Crippen molar-refractivity contribution in [1.82, 2.24) is 20.0 Å². The van der Waals surface area contributed by atoms with Crippen molar-refractivity contribution >= 4 is 58.4 Å². The molecule has 0 unspecified atom stereocenters. The summed E-state index contributed by atoms with van der Waals surface area (Å²) in [4.78, 5) is 32.6. The van der Waals surface area contributed by atoms with E-state index in [1.54, 1.807) is 28.9 Å². The standard InChI is InChI=1S/C37H40BrFN6O4Si/c1-23-35(50(2,3)39)33(14-16-44-22-28(15-17-46)42-43-44)49-37(23)30-19-26(38)10-13-32(30)45(36(37)48)21-24-8-11-27(12-9-24)41-34(47)18-25-20-40-31-7-5-4-6-29(25)31/h4-13,19-20,22-23,33,35,40,46H,14-18,21H2,1-3H3,(H,41,47)/t23-,33+,35-,37+/m1/s1. The maximum absolute atomic E-state index is 16.2. The van der Waals surface area contributed by atoms with Crippen molar-refractivity contribution in [1.29, 1.82) is 0 Å². The Labute approximate surface area is 299 Å². The number of para-hydroxylation sites is 1. The summed E-state index contributed by atoms with van der Waals surface area (Å²) in [6.45, 7) is 6.05. The van der Waals surface area contributed by atoms with Gasteiger partial charge in [-0.1, -0.05) is 58.4 Å². The van der Waals surface area contributed by atoms with Crippen LogP contribution in [0.3, 0.4) is 0 Å². The number of anilines is 2. The van der Waals surface area contributed by atoms with Crippen molar-refractivity contribution in [2.24, 2.45) is 5.92 Å². The summed E-state index contributed by atoms with van der Waals surface area (Å²) in [5, 5.41) is 21.6. The second kappa shape index (κ2) is 13.5. The summed E-state index contributed by atoms with van der Waals surface area (Å²) in [5.74, 6) is -0.741. The molecular weight excluding hydrogens is 719 g/mol. The molecule has 3 aromatic carbocycles. The number of aromatic nitrogens is 4. The number of aryl methyl sites for hydroxylation is 1. The fourth-order valence-electron chi connectivity index (χ4n) is 7.91. The molecule has 1 fully saturated rings. The Hall–Kier alpha value is -4.17. The van der Waals surface area contributed by atoms with Crippen molar-refractivity contribution in [2.45, 2.75) is 69.6 Å². The van der Waals surface area contributed by atoms with Gasteiger partial charge in [-0.2, -0.15) is 0 Å². The molecule has 10 nitrogen and oxygen atoms in total. The molecule has 0 radical (unpaired) electrons. The smallest absolute Gasteiger partial charge is 0.264 e. The zero-order chi connectivity index (χ0) is 35.2. The van der Waals surface area contributed by atoms with Gasteiger partial charge >= 0.3 is 0 Å². The molecule has 2 amide bonds. The predicted octanol–water partition coefficient (Wildman–Crippen LogP) is 6.65. The van der Waals surface area contributed by atoms with Crippen LogP contribution in [0.15, 0.2) is 83.6 Å². The van der Waals surface area contributed by atoms with Crippen LogP contribution >= 0.6 is 15.9 Å². The predicted molar refractivity (Wildman–Crippen MR) is 196 cm³/mol. The number of hydrogen-bond donors (Lipinski definition) is 3. The van der Waals surface area contributed by atoms with Crippen LogP contribution in [0.1, 0.15) is 35.7 Å². The monoisotopic (exact) mass is 758 g/mol.